The molecule has 9 heteroatoms. The third-order valence-corrected chi connectivity index (χ3v) is 5.31. The molecule has 1 N–H and O–H groups in total. The first-order valence-corrected chi connectivity index (χ1v) is 10.2. The fraction of sp³-hybridized carbons (Fsp3) is 0.273. The maximum atomic E-state index is 13.6. The lowest BCUT2D eigenvalue weighted by molar-refractivity contribution is -0.116. The van der Waals surface area contributed by atoms with Gasteiger partial charge in [-0.2, -0.15) is 0 Å². The van der Waals surface area contributed by atoms with E-state index < -0.39 is 0 Å². The van der Waals surface area contributed by atoms with Crippen molar-refractivity contribution >= 4 is 22.4 Å². The van der Waals surface area contributed by atoms with Crippen molar-refractivity contribution in [3.05, 3.63) is 47.1 Å². The number of nitrogens with one attached hydrogen (secondary N) is 1. The Hall–Kier alpha value is -3.33. The first kappa shape index (κ1) is 22.4. The van der Waals surface area contributed by atoms with Gasteiger partial charge >= 0.3 is 0 Å². The minimum absolute atomic E-state index is 0.194. The zero-order valence-electron chi connectivity index (χ0n) is 17.7. The molecule has 7 nitrogen and oxygen atoms in total. The SMILES string of the molecule is COc1ccc(F)cc1-c1csc(NC(=O)CCc2cc(OC)c(OC)c(OC)c2)n1. The van der Waals surface area contributed by atoms with Crippen molar-refractivity contribution in [2.45, 2.75) is 12.8 Å². The number of thiazole rings is 1. The van der Waals surface area contributed by atoms with Gasteiger partial charge in [-0.1, -0.05) is 0 Å². The van der Waals surface area contributed by atoms with E-state index in [9.17, 15) is 9.18 Å². The highest BCUT2D eigenvalue weighted by Gasteiger charge is 2.15. The summed E-state index contributed by atoms with van der Waals surface area (Å²) in [5, 5.41) is 4.95. The van der Waals surface area contributed by atoms with Crippen molar-refractivity contribution in [3.63, 3.8) is 0 Å². The second-order valence-electron chi connectivity index (χ2n) is 6.46. The number of anilines is 1. The second kappa shape index (κ2) is 10.1. The monoisotopic (exact) mass is 446 g/mol. The van der Waals surface area contributed by atoms with Crippen molar-refractivity contribution in [3.8, 4) is 34.3 Å². The first-order valence-electron chi connectivity index (χ1n) is 9.37. The number of halogens is 1. The van der Waals surface area contributed by atoms with Crippen LogP contribution < -0.4 is 24.3 Å². The number of aryl methyl sites for hydroxylation is 1. The Kier molecular flexibility index (Phi) is 7.30. The van der Waals surface area contributed by atoms with E-state index in [-0.39, 0.29) is 18.1 Å². The van der Waals surface area contributed by atoms with Gasteiger partial charge in [-0.3, -0.25) is 4.79 Å². The van der Waals surface area contributed by atoms with E-state index in [0.717, 1.165) is 5.56 Å². The van der Waals surface area contributed by atoms with Crippen LogP contribution in [0.5, 0.6) is 23.0 Å². The number of rotatable bonds is 9. The van der Waals surface area contributed by atoms with Gasteiger partial charge in [0.2, 0.25) is 11.7 Å². The lowest BCUT2D eigenvalue weighted by Crippen LogP contribution is -2.12. The molecule has 164 valence electrons. The molecule has 0 spiro atoms. The fourth-order valence-electron chi connectivity index (χ4n) is 3.05. The molecule has 3 rings (SSSR count). The summed E-state index contributed by atoms with van der Waals surface area (Å²) in [5.74, 6) is 1.49. The van der Waals surface area contributed by atoms with Gasteiger partial charge in [-0.05, 0) is 42.3 Å². The van der Waals surface area contributed by atoms with Crippen molar-refractivity contribution in [2.24, 2.45) is 0 Å². The largest absolute Gasteiger partial charge is 0.496 e. The van der Waals surface area contributed by atoms with Crippen molar-refractivity contribution < 1.29 is 28.1 Å². The van der Waals surface area contributed by atoms with Gasteiger partial charge in [0.25, 0.3) is 0 Å². The number of carbonyl (C=O) groups is 1. The average Bonchev–Trinajstić information content (AvgIpc) is 3.24. The van der Waals surface area contributed by atoms with E-state index in [4.69, 9.17) is 18.9 Å². The molecule has 0 saturated carbocycles. The Morgan fingerprint density at radius 3 is 2.29 bits per heavy atom. The number of ether oxygens (including phenoxy) is 4. The van der Waals surface area contributed by atoms with Gasteiger partial charge in [0, 0.05) is 17.4 Å². The molecule has 31 heavy (non-hydrogen) atoms. The Morgan fingerprint density at radius 2 is 1.68 bits per heavy atom. The lowest BCUT2D eigenvalue weighted by Gasteiger charge is -2.14. The maximum absolute atomic E-state index is 13.6. The molecule has 0 fully saturated rings. The Morgan fingerprint density at radius 1 is 1.00 bits per heavy atom. The first-order chi connectivity index (χ1) is 15.0. The molecule has 0 bridgehead atoms. The highest BCUT2D eigenvalue weighted by Crippen LogP contribution is 2.38. The highest BCUT2D eigenvalue weighted by atomic mass is 32.1. The summed E-state index contributed by atoms with van der Waals surface area (Å²) in [6.07, 6.45) is 0.704. The van der Waals surface area contributed by atoms with Crippen LogP contribution in [0.15, 0.2) is 35.7 Å². The van der Waals surface area contributed by atoms with Crippen LogP contribution in [0.4, 0.5) is 9.52 Å². The molecule has 0 aliphatic carbocycles. The number of amides is 1. The summed E-state index contributed by atoms with van der Waals surface area (Å²) in [5.41, 5.74) is 1.92. The molecule has 0 unspecified atom stereocenters. The van der Waals surface area contributed by atoms with Crippen molar-refractivity contribution in [1.29, 1.82) is 0 Å². The van der Waals surface area contributed by atoms with Crippen LogP contribution in [0.2, 0.25) is 0 Å². The molecular weight excluding hydrogens is 423 g/mol. The Labute approximate surface area is 183 Å². The van der Waals surface area contributed by atoms with Crippen LogP contribution in [-0.2, 0) is 11.2 Å². The Bertz CT molecular complexity index is 1040. The average molecular weight is 447 g/mol. The van der Waals surface area contributed by atoms with Gasteiger partial charge in [0.15, 0.2) is 16.6 Å². The van der Waals surface area contributed by atoms with Crippen LogP contribution in [0, 0.1) is 5.82 Å². The quantitative estimate of drug-likeness (QED) is 0.519. The molecule has 0 aliphatic rings. The minimum Gasteiger partial charge on any atom is -0.496 e. The number of hydrogen-bond acceptors (Lipinski definition) is 7. The molecule has 0 saturated heterocycles. The summed E-state index contributed by atoms with van der Waals surface area (Å²) in [7, 11) is 6.13. The topological polar surface area (TPSA) is 78.9 Å². The van der Waals surface area contributed by atoms with Gasteiger partial charge in [0.1, 0.15) is 11.6 Å². The zero-order valence-corrected chi connectivity index (χ0v) is 18.5. The third-order valence-electron chi connectivity index (χ3n) is 4.55. The molecular formula is C22H23FN2O5S. The smallest absolute Gasteiger partial charge is 0.226 e. The number of benzene rings is 2. The van der Waals surface area contributed by atoms with Crippen molar-refractivity contribution in [1.82, 2.24) is 4.98 Å². The second-order valence-corrected chi connectivity index (χ2v) is 7.32. The van der Waals surface area contributed by atoms with E-state index in [1.54, 1.807) is 25.7 Å². The minimum atomic E-state index is -0.389. The predicted molar refractivity (Wildman–Crippen MR) is 117 cm³/mol. The van der Waals surface area contributed by atoms with Crippen LogP contribution in [0.3, 0.4) is 0 Å². The van der Waals surface area contributed by atoms with Gasteiger partial charge in [0.05, 0.1) is 34.1 Å². The van der Waals surface area contributed by atoms with E-state index in [0.29, 0.717) is 45.8 Å². The van der Waals surface area contributed by atoms with Crippen LogP contribution in [-0.4, -0.2) is 39.3 Å². The Balaban J connectivity index is 1.67. The van der Waals surface area contributed by atoms with Gasteiger partial charge in [-0.15, -0.1) is 11.3 Å². The lowest BCUT2D eigenvalue weighted by atomic mass is 10.1. The maximum Gasteiger partial charge on any atom is 0.226 e. The molecule has 2 aromatic carbocycles. The predicted octanol–water partition coefficient (Wildman–Crippen LogP) is 4.55. The molecule has 0 atom stereocenters. The van der Waals surface area contributed by atoms with E-state index in [1.807, 2.05) is 12.1 Å². The number of aromatic nitrogens is 1. The summed E-state index contributed by atoms with van der Waals surface area (Å²) in [4.78, 5) is 16.8. The van der Waals surface area contributed by atoms with Gasteiger partial charge < -0.3 is 24.3 Å². The third kappa shape index (κ3) is 5.24. The number of nitrogens with zero attached hydrogens (tertiary/aromatic N) is 1. The highest BCUT2D eigenvalue weighted by molar-refractivity contribution is 7.14. The summed E-state index contributed by atoms with van der Waals surface area (Å²) >= 11 is 1.26. The number of carbonyl (C=O) groups excluding carboxylic acids is 1. The van der Waals surface area contributed by atoms with E-state index in [1.165, 1.54) is 37.7 Å². The molecule has 1 amide bonds. The normalized spacial score (nSPS) is 10.5. The summed E-state index contributed by atoms with van der Waals surface area (Å²) in [6, 6.07) is 7.84. The molecule has 1 aromatic heterocycles. The zero-order chi connectivity index (χ0) is 22.4. The number of hydrogen-bond donors (Lipinski definition) is 1. The summed E-state index contributed by atoms with van der Waals surface area (Å²) in [6.45, 7) is 0. The van der Waals surface area contributed by atoms with E-state index in [2.05, 4.69) is 10.3 Å². The molecule has 0 radical (unpaired) electrons. The van der Waals surface area contributed by atoms with Gasteiger partial charge in [-0.25, -0.2) is 9.37 Å². The summed E-state index contributed by atoms with van der Waals surface area (Å²) < 4.78 is 34.9. The molecule has 3 aromatic rings. The van der Waals surface area contributed by atoms with Crippen molar-refractivity contribution in [2.75, 3.05) is 33.8 Å². The standard InChI is InChI=1S/C22H23FN2O5S/c1-27-17-7-6-14(23)11-15(17)16-12-31-22(24-16)25-20(26)8-5-13-9-18(28-2)21(30-4)19(10-13)29-3/h6-7,9-12H,5,8H2,1-4H3,(H,24,25,26). The van der Waals surface area contributed by atoms with Crippen LogP contribution in [0.25, 0.3) is 11.3 Å². The molecule has 0 aliphatic heterocycles. The van der Waals surface area contributed by atoms with E-state index >= 15 is 0 Å². The van der Waals surface area contributed by atoms with Crippen LogP contribution >= 0.6 is 11.3 Å². The fourth-order valence-corrected chi connectivity index (χ4v) is 3.78. The molecule has 1 heterocycles. The number of methoxy groups -OCH3 is 4. The van der Waals surface area contributed by atoms with Crippen LogP contribution in [0.1, 0.15) is 12.0 Å².